The van der Waals surface area contributed by atoms with Crippen molar-refractivity contribution in [2.24, 2.45) is 5.92 Å². The molecule has 1 saturated carbocycles. The highest BCUT2D eigenvalue weighted by Gasteiger charge is 2.60. The largest absolute Gasteiger partial charge is 0.464 e. The van der Waals surface area contributed by atoms with Crippen molar-refractivity contribution in [3.8, 4) is 0 Å². The maximum absolute atomic E-state index is 10.2. The molecule has 0 aromatic heterocycles. The van der Waals surface area contributed by atoms with Gasteiger partial charge in [0.15, 0.2) is 0 Å². The van der Waals surface area contributed by atoms with E-state index in [1.54, 1.807) is 0 Å². The fourth-order valence-electron chi connectivity index (χ4n) is 2.81. The molecule has 0 aromatic carbocycles. The van der Waals surface area contributed by atoms with Crippen LogP contribution in [0, 0.1) is 5.92 Å². The first kappa shape index (κ1) is 12.4. The second-order valence-electron chi connectivity index (χ2n) is 5.56. The van der Waals surface area contributed by atoms with Gasteiger partial charge in [0.05, 0.1) is 12.2 Å². The van der Waals surface area contributed by atoms with Crippen molar-refractivity contribution in [3.63, 3.8) is 0 Å². The monoisotopic (exact) mass is 256 g/mol. The Balaban J connectivity index is 1.35. The van der Waals surface area contributed by atoms with Gasteiger partial charge in [0.1, 0.15) is 24.4 Å². The molecule has 5 heteroatoms. The number of carbonyl (C=O) groups is 1. The number of hydrogen-bond acceptors (Lipinski definition) is 5. The van der Waals surface area contributed by atoms with Crippen LogP contribution in [-0.2, 0) is 19.0 Å². The third kappa shape index (κ3) is 2.53. The standard InChI is InChI=1S/C13H20O5/c1-2-3-8(15)11-13(18-11)12-10(17-12)5-7-4-9(7)16-6-14/h6-13,15H,2-5H2,1H3/t7-,8+,9+,10+,11-,12+,13+/m0/s1. The molecule has 0 unspecified atom stereocenters. The summed E-state index contributed by atoms with van der Waals surface area (Å²) in [7, 11) is 0. The van der Waals surface area contributed by atoms with Gasteiger partial charge in [0.25, 0.3) is 6.47 Å². The second-order valence-corrected chi connectivity index (χ2v) is 5.56. The van der Waals surface area contributed by atoms with Crippen molar-refractivity contribution in [2.45, 2.75) is 69.2 Å². The summed E-state index contributed by atoms with van der Waals surface area (Å²) in [5, 5.41) is 9.79. The minimum absolute atomic E-state index is 0.0267. The average molecular weight is 256 g/mol. The lowest BCUT2D eigenvalue weighted by Gasteiger charge is -2.03. The number of ether oxygens (including phenoxy) is 3. The molecular formula is C13H20O5. The number of aliphatic hydroxyl groups excluding tert-OH is 1. The van der Waals surface area contributed by atoms with Crippen LogP contribution in [0.3, 0.4) is 0 Å². The summed E-state index contributed by atoms with van der Waals surface area (Å²) in [5.41, 5.74) is 0. The van der Waals surface area contributed by atoms with Crippen molar-refractivity contribution >= 4 is 6.47 Å². The summed E-state index contributed by atoms with van der Waals surface area (Å²) < 4.78 is 16.0. The van der Waals surface area contributed by atoms with Crippen molar-refractivity contribution in [1.29, 1.82) is 0 Å². The van der Waals surface area contributed by atoms with Crippen LogP contribution in [0.1, 0.15) is 32.6 Å². The first-order valence-corrected chi connectivity index (χ1v) is 6.82. The minimum atomic E-state index is -0.350. The van der Waals surface area contributed by atoms with Crippen molar-refractivity contribution < 1.29 is 24.1 Å². The zero-order valence-electron chi connectivity index (χ0n) is 10.5. The summed E-state index contributed by atoms with van der Waals surface area (Å²) in [6.07, 6.45) is 3.86. The van der Waals surface area contributed by atoms with E-state index in [2.05, 4.69) is 6.92 Å². The molecule has 3 fully saturated rings. The SMILES string of the molecule is CCC[C@@H](O)[C@@H]1O[C@H]1[C@@H]1O[C@@H]1C[C@@H]1C[C@H]1OC=O. The normalized spacial score (nSPS) is 46.3. The molecule has 2 aliphatic heterocycles. The van der Waals surface area contributed by atoms with Gasteiger partial charge in [-0.05, 0) is 19.3 Å². The highest BCUT2D eigenvalue weighted by atomic mass is 16.7. The van der Waals surface area contributed by atoms with Gasteiger partial charge in [-0.25, -0.2) is 0 Å². The molecule has 102 valence electrons. The molecule has 0 amide bonds. The third-order valence-corrected chi connectivity index (χ3v) is 4.09. The Kier molecular flexibility index (Phi) is 3.30. The van der Waals surface area contributed by atoms with Gasteiger partial charge in [-0.2, -0.15) is 0 Å². The molecule has 2 heterocycles. The fraction of sp³-hybridized carbons (Fsp3) is 0.923. The lowest BCUT2D eigenvalue weighted by Crippen LogP contribution is -2.19. The zero-order chi connectivity index (χ0) is 12.7. The van der Waals surface area contributed by atoms with Gasteiger partial charge < -0.3 is 19.3 Å². The molecule has 5 nitrogen and oxygen atoms in total. The molecule has 3 rings (SSSR count). The summed E-state index contributed by atoms with van der Waals surface area (Å²) in [6, 6.07) is 0. The van der Waals surface area contributed by atoms with Gasteiger partial charge in [-0.15, -0.1) is 0 Å². The number of epoxide rings is 2. The maximum atomic E-state index is 10.2. The Morgan fingerprint density at radius 3 is 3.00 bits per heavy atom. The van der Waals surface area contributed by atoms with Gasteiger partial charge in [0.2, 0.25) is 0 Å². The van der Waals surface area contributed by atoms with Crippen LogP contribution in [0.5, 0.6) is 0 Å². The van der Waals surface area contributed by atoms with Gasteiger partial charge in [0, 0.05) is 5.92 Å². The molecule has 0 radical (unpaired) electrons. The van der Waals surface area contributed by atoms with Crippen molar-refractivity contribution in [2.75, 3.05) is 0 Å². The quantitative estimate of drug-likeness (QED) is 0.509. The molecule has 1 N–H and O–H groups in total. The van der Waals surface area contributed by atoms with E-state index in [-0.39, 0.29) is 36.6 Å². The molecule has 3 aliphatic rings. The molecular weight excluding hydrogens is 236 g/mol. The third-order valence-electron chi connectivity index (χ3n) is 4.09. The molecule has 0 aromatic rings. The smallest absolute Gasteiger partial charge is 0.293 e. The Labute approximate surface area is 106 Å². The predicted molar refractivity (Wildman–Crippen MR) is 61.9 cm³/mol. The van der Waals surface area contributed by atoms with E-state index in [1.807, 2.05) is 0 Å². The Hall–Kier alpha value is -0.650. The highest BCUT2D eigenvalue weighted by Crippen LogP contribution is 2.47. The van der Waals surface area contributed by atoms with Gasteiger partial charge in [-0.1, -0.05) is 13.3 Å². The average Bonchev–Trinajstić information content (AvgIpc) is 3.18. The molecule has 2 saturated heterocycles. The lowest BCUT2D eigenvalue weighted by molar-refractivity contribution is -0.130. The second kappa shape index (κ2) is 4.79. The number of carbonyl (C=O) groups excluding carboxylic acids is 1. The number of hydrogen-bond donors (Lipinski definition) is 1. The van der Waals surface area contributed by atoms with Gasteiger partial charge >= 0.3 is 0 Å². The van der Waals surface area contributed by atoms with Crippen LogP contribution >= 0.6 is 0 Å². The number of aliphatic hydroxyl groups is 1. The van der Waals surface area contributed by atoms with E-state index in [0.717, 1.165) is 25.7 Å². The minimum Gasteiger partial charge on any atom is -0.464 e. The Morgan fingerprint density at radius 1 is 1.44 bits per heavy atom. The predicted octanol–water partition coefficient (Wildman–Crippen LogP) is 0.634. The first-order valence-electron chi connectivity index (χ1n) is 6.82. The van der Waals surface area contributed by atoms with Crippen LogP contribution in [0.25, 0.3) is 0 Å². The molecule has 18 heavy (non-hydrogen) atoms. The van der Waals surface area contributed by atoms with E-state index in [4.69, 9.17) is 14.2 Å². The summed E-state index contributed by atoms with van der Waals surface area (Å²) in [5.74, 6) is 0.461. The highest BCUT2D eigenvalue weighted by molar-refractivity contribution is 5.38. The fourth-order valence-corrected chi connectivity index (χ4v) is 2.81. The van der Waals surface area contributed by atoms with E-state index < -0.39 is 0 Å². The lowest BCUT2D eigenvalue weighted by atomic mass is 10.0. The molecule has 0 spiro atoms. The molecule has 7 atom stereocenters. The van der Waals surface area contributed by atoms with Crippen LogP contribution in [0.4, 0.5) is 0 Å². The molecule has 0 bridgehead atoms. The van der Waals surface area contributed by atoms with Gasteiger partial charge in [-0.3, -0.25) is 4.79 Å². The van der Waals surface area contributed by atoms with Crippen LogP contribution in [-0.4, -0.2) is 48.2 Å². The van der Waals surface area contributed by atoms with E-state index in [1.165, 1.54) is 0 Å². The van der Waals surface area contributed by atoms with Crippen molar-refractivity contribution in [3.05, 3.63) is 0 Å². The summed E-state index contributed by atoms with van der Waals surface area (Å²) in [4.78, 5) is 10.2. The van der Waals surface area contributed by atoms with Crippen molar-refractivity contribution in [1.82, 2.24) is 0 Å². The topological polar surface area (TPSA) is 71.6 Å². The summed E-state index contributed by atoms with van der Waals surface area (Å²) >= 11 is 0. The van der Waals surface area contributed by atoms with E-state index in [9.17, 15) is 9.90 Å². The van der Waals surface area contributed by atoms with E-state index >= 15 is 0 Å². The Morgan fingerprint density at radius 2 is 2.28 bits per heavy atom. The van der Waals surface area contributed by atoms with Crippen LogP contribution in [0.15, 0.2) is 0 Å². The first-order chi connectivity index (χ1) is 8.74. The number of rotatable bonds is 8. The summed E-state index contributed by atoms with van der Waals surface area (Å²) in [6.45, 7) is 2.58. The van der Waals surface area contributed by atoms with Crippen LogP contribution in [0.2, 0.25) is 0 Å². The zero-order valence-corrected chi connectivity index (χ0v) is 10.5. The van der Waals surface area contributed by atoms with E-state index in [0.29, 0.717) is 12.4 Å². The molecule has 1 aliphatic carbocycles. The Bertz CT molecular complexity index is 321. The van der Waals surface area contributed by atoms with Crippen LogP contribution < -0.4 is 0 Å². The maximum Gasteiger partial charge on any atom is 0.293 e.